The highest BCUT2D eigenvalue weighted by Gasteiger charge is 2.38. The van der Waals surface area contributed by atoms with Gasteiger partial charge in [-0.2, -0.15) is 13.2 Å². The number of hydrogen-bond donors (Lipinski definition) is 2. The average molecular weight is 380 g/mol. The molecule has 2 N–H and O–H groups in total. The molecular formula is C15H17ClF3N3O3. The van der Waals surface area contributed by atoms with E-state index in [1.807, 2.05) is 0 Å². The van der Waals surface area contributed by atoms with E-state index in [1.54, 1.807) is 0 Å². The predicted molar refractivity (Wildman–Crippen MR) is 84.3 cm³/mol. The first-order valence-corrected chi connectivity index (χ1v) is 7.99. The number of amides is 1. The number of aliphatic carboxylic acids is 1. The lowest BCUT2D eigenvalue weighted by molar-refractivity contribution is -0.149. The number of carbonyl (C=O) groups is 2. The molecule has 1 aromatic heterocycles. The first-order chi connectivity index (χ1) is 11.6. The number of carboxylic acids is 1. The number of nitrogens with zero attached hydrogens (tertiary/aromatic N) is 2. The number of carboxylic acid groups (broad SMARTS) is 1. The largest absolute Gasteiger partial charge is 0.480 e. The average Bonchev–Trinajstić information content (AvgIpc) is 3.32. The zero-order valence-corrected chi connectivity index (χ0v) is 14.1. The van der Waals surface area contributed by atoms with Gasteiger partial charge in [-0.1, -0.05) is 11.6 Å². The van der Waals surface area contributed by atoms with Crippen LogP contribution in [0.15, 0.2) is 12.3 Å². The molecule has 0 spiro atoms. The molecule has 0 radical (unpaired) electrons. The minimum absolute atomic E-state index is 0.0207. The Balaban J connectivity index is 1.93. The summed E-state index contributed by atoms with van der Waals surface area (Å²) < 4.78 is 37.7. The fourth-order valence-electron chi connectivity index (χ4n) is 2.35. The van der Waals surface area contributed by atoms with Gasteiger partial charge in [0.15, 0.2) is 0 Å². The molecule has 1 aromatic rings. The number of alkyl halides is 3. The molecule has 0 saturated heterocycles. The van der Waals surface area contributed by atoms with E-state index in [0.29, 0.717) is 6.20 Å². The summed E-state index contributed by atoms with van der Waals surface area (Å²) in [5.74, 6) is -1.39. The van der Waals surface area contributed by atoms with E-state index >= 15 is 0 Å². The molecule has 0 aliphatic heterocycles. The SMILES string of the molecule is CC(C(=O)O)N(C(=O)CCNc1ncc(C(F)(F)F)cc1Cl)C1CC1. The van der Waals surface area contributed by atoms with Crippen molar-refractivity contribution in [2.75, 3.05) is 11.9 Å². The molecule has 1 atom stereocenters. The maximum absolute atomic E-state index is 12.6. The van der Waals surface area contributed by atoms with E-state index in [-0.39, 0.29) is 35.8 Å². The summed E-state index contributed by atoms with van der Waals surface area (Å²) in [6.45, 7) is 1.52. The molecule has 25 heavy (non-hydrogen) atoms. The third-order valence-corrected chi connectivity index (χ3v) is 4.09. The summed E-state index contributed by atoms with van der Waals surface area (Å²) in [7, 11) is 0. The van der Waals surface area contributed by atoms with Crippen molar-refractivity contribution >= 4 is 29.3 Å². The summed E-state index contributed by atoms with van der Waals surface area (Å²) in [5, 5.41) is 11.6. The Morgan fingerprint density at radius 3 is 2.60 bits per heavy atom. The van der Waals surface area contributed by atoms with Crippen LogP contribution in [0.25, 0.3) is 0 Å². The first kappa shape index (κ1) is 19.3. The van der Waals surface area contributed by atoms with Gasteiger partial charge in [0.25, 0.3) is 0 Å². The van der Waals surface area contributed by atoms with Crippen molar-refractivity contribution in [3.05, 3.63) is 22.8 Å². The molecular weight excluding hydrogens is 363 g/mol. The Bertz CT molecular complexity index is 665. The van der Waals surface area contributed by atoms with Crippen LogP contribution in [0.5, 0.6) is 0 Å². The Morgan fingerprint density at radius 2 is 2.12 bits per heavy atom. The molecule has 2 rings (SSSR count). The van der Waals surface area contributed by atoms with E-state index in [0.717, 1.165) is 18.9 Å². The molecule has 1 fully saturated rings. The molecule has 0 bridgehead atoms. The highest BCUT2D eigenvalue weighted by molar-refractivity contribution is 6.32. The second-order valence-corrected chi connectivity index (χ2v) is 6.18. The predicted octanol–water partition coefficient (Wildman–Crippen LogP) is 3.02. The molecule has 0 aromatic carbocycles. The van der Waals surface area contributed by atoms with Crippen molar-refractivity contribution in [3.63, 3.8) is 0 Å². The minimum Gasteiger partial charge on any atom is -0.480 e. The standard InChI is InChI=1S/C15H17ClF3N3O3/c1-8(14(24)25)22(10-2-3-10)12(23)4-5-20-13-11(16)6-9(7-21-13)15(17,18)19/h6-8,10H,2-5H2,1H3,(H,20,21)(H,24,25). The molecule has 1 saturated carbocycles. The quantitative estimate of drug-likeness (QED) is 0.761. The molecule has 138 valence electrons. The second kappa shape index (κ2) is 7.47. The molecule has 1 aliphatic carbocycles. The lowest BCUT2D eigenvalue weighted by Gasteiger charge is -2.26. The van der Waals surface area contributed by atoms with E-state index < -0.39 is 23.8 Å². The van der Waals surface area contributed by atoms with Crippen LogP contribution in [0.4, 0.5) is 19.0 Å². The van der Waals surface area contributed by atoms with E-state index in [1.165, 1.54) is 11.8 Å². The van der Waals surface area contributed by atoms with Crippen molar-refractivity contribution in [2.45, 2.75) is 44.4 Å². The van der Waals surface area contributed by atoms with Gasteiger partial charge < -0.3 is 15.3 Å². The topological polar surface area (TPSA) is 82.5 Å². The van der Waals surface area contributed by atoms with Crippen LogP contribution < -0.4 is 5.32 Å². The maximum atomic E-state index is 12.6. The molecule has 10 heteroatoms. The molecule has 1 heterocycles. The summed E-state index contributed by atoms with van der Waals surface area (Å²) in [6.07, 6.45) is -2.37. The maximum Gasteiger partial charge on any atom is 0.417 e. The molecule has 6 nitrogen and oxygen atoms in total. The van der Waals surface area contributed by atoms with Crippen LogP contribution in [0, 0.1) is 0 Å². The summed E-state index contributed by atoms with van der Waals surface area (Å²) in [5.41, 5.74) is -0.964. The summed E-state index contributed by atoms with van der Waals surface area (Å²) in [4.78, 5) is 28.3. The second-order valence-electron chi connectivity index (χ2n) is 5.78. The van der Waals surface area contributed by atoms with E-state index in [9.17, 15) is 22.8 Å². The summed E-state index contributed by atoms with van der Waals surface area (Å²) >= 11 is 5.77. The number of hydrogen-bond acceptors (Lipinski definition) is 4. The Labute approximate surface area is 147 Å². The zero-order valence-electron chi connectivity index (χ0n) is 13.3. The van der Waals surface area contributed by atoms with Crippen LogP contribution in [0.3, 0.4) is 0 Å². The van der Waals surface area contributed by atoms with Gasteiger partial charge in [-0.15, -0.1) is 0 Å². The zero-order chi connectivity index (χ0) is 18.8. The van der Waals surface area contributed by atoms with Gasteiger partial charge in [-0.3, -0.25) is 4.79 Å². The third kappa shape index (κ3) is 4.97. The number of rotatable bonds is 7. The normalized spacial score (nSPS) is 15.6. The summed E-state index contributed by atoms with van der Waals surface area (Å²) in [6, 6.07) is -0.235. The van der Waals surface area contributed by atoms with Crippen molar-refractivity contribution in [3.8, 4) is 0 Å². The number of anilines is 1. The van der Waals surface area contributed by atoms with Gasteiger partial charge in [0, 0.05) is 25.2 Å². The molecule has 1 unspecified atom stereocenters. The monoisotopic (exact) mass is 379 g/mol. The van der Waals surface area contributed by atoms with Crippen molar-refractivity contribution in [1.29, 1.82) is 0 Å². The minimum atomic E-state index is -4.54. The van der Waals surface area contributed by atoms with Crippen molar-refractivity contribution < 1.29 is 27.9 Å². The lowest BCUT2D eigenvalue weighted by atomic mass is 10.2. The third-order valence-electron chi connectivity index (χ3n) is 3.80. The number of aromatic nitrogens is 1. The fraction of sp³-hybridized carbons (Fsp3) is 0.533. The van der Waals surface area contributed by atoms with Gasteiger partial charge in [0.1, 0.15) is 11.9 Å². The van der Waals surface area contributed by atoms with Gasteiger partial charge in [-0.25, -0.2) is 9.78 Å². The smallest absolute Gasteiger partial charge is 0.417 e. The van der Waals surface area contributed by atoms with E-state index in [4.69, 9.17) is 16.7 Å². The van der Waals surface area contributed by atoms with Crippen LogP contribution in [-0.2, 0) is 15.8 Å². The molecule has 1 amide bonds. The van der Waals surface area contributed by atoms with Crippen molar-refractivity contribution in [1.82, 2.24) is 9.88 Å². The highest BCUT2D eigenvalue weighted by Crippen LogP contribution is 2.32. The number of carbonyl (C=O) groups excluding carboxylic acids is 1. The van der Waals surface area contributed by atoms with Gasteiger partial charge in [0.05, 0.1) is 10.6 Å². The lowest BCUT2D eigenvalue weighted by Crippen LogP contribution is -2.45. The van der Waals surface area contributed by atoms with Crippen LogP contribution >= 0.6 is 11.6 Å². The number of pyridine rings is 1. The van der Waals surface area contributed by atoms with Gasteiger partial charge >= 0.3 is 12.1 Å². The van der Waals surface area contributed by atoms with E-state index in [2.05, 4.69) is 10.3 Å². The van der Waals surface area contributed by atoms with Crippen LogP contribution in [-0.4, -0.2) is 45.5 Å². The van der Waals surface area contributed by atoms with Crippen LogP contribution in [0.2, 0.25) is 5.02 Å². The fourth-order valence-corrected chi connectivity index (χ4v) is 2.58. The van der Waals surface area contributed by atoms with Gasteiger partial charge in [-0.05, 0) is 25.8 Å². The van der Waals surface area contributed by atoms with Crippen LogP contribution in [0.1, 0.15) is 31.7 Å². The Kier molecular flexibility index (Phi) is 5.76. The highest BCUT2D eigenvalue weighted by atomic mass is 35.5. The molecule has 1 aliphatic rings. The van der Waals surface area contributed by atoms with Gasteiger partial charge in [0.2, 0.25) is 5.91 Å². The first-order valence-electron chi connectivity index (χ1n) is 7.62. The van der Waals surface area contributed by atoms with Crippen molar-refractivity contribution in [2.24, 2.45) is 0 Å². The Hall–Kier alpha value is -2.03. The Morgan fingerprint density at radius 1 is 1.48 bits per heavy atom. The number of halogens is 4. The number of nitrogens with one attached hydrogen (secondary N) is 1.